The molecule has 1 saturated carbocycles. The standard InChI is InChI=1S/C20H23N3O4/c1-26-14-10-11-15(18(12-14)27-2)23-20(25)17-9-5-8-16(22-17)19(24)21-13-6-3-4-7-13/h5,8-13H,3-4,6-7H2,1-2H3,(H,21,24)(H,23,25). The molecule has 1 heterocycles. The summed E-state index contributed by atoms with van der Waals surface area (Å²) in [5, 5.41) is 5.73. The average Bonchev–Trinajstić information content (AvgIpc) is 3.21. The highest BCUT2D eigenvalue weighted by Gasteiger charge is 2.20. The summed E-state index contributed by atoms with van der Waals surface area (Å²) in [5.74, 6) is 0.416. The number of aromatic nitrogens is 1. The Morgan fingerprint density at radius 1 is 1.00 bits per heavy atom. The quantitative estimate of drug-likeness (QED) is 0.817. The molecule has 2 N–H and O–H groups in total. The fourth-order valence-electron chi connectivity index (χ4n) is 3.11. The molecule has 1 aliphatic rings. The molecule has 0 radical (unpaired) electrons. The second kappa shape index (κ2) is 8.53. The van der Waals surface area contributed by atoms with E-state index < -0.39 is 5.91 Å². The normalized spacial score (nSPS) is 13.9. The van der Waals surface area contributed by atoms with E-state index in [0.29, 0.717) is 17.2 Å². The van der Waals surface area contributed by atoms with Gasteiger partial charge in [-0.25, -0.2) is 4.98 Å². The van der Waals surface area contributed by atoms with Crippen LogP contribution < -0.4 is 20.1 Å². The van der Waals surface area contributed by atoms with Crippen LogP contribution in [0.3, 0.4) is 0 Å². The van der Waals surface area contributed by atoms with Crippen molar-refractivity contribution in [2.24, 2.45) is 0 Å². The third-order valence-corrected chi connectivity index (χ3v) is 4.56. The Morgan fingerprint density at radius 2 is 1.70 bits per heavy atom. The molecule has 1 aromatic carbocycles. The summed E-state index contributed by atoms with van der Waals surface area (Å²) in [5.41, 5.74) is 0.883. The molecule has 0 saturated heterocycles. The van der Waals surface area contributed by atoms with Gasteiger partial charge in [-0.3, -0.25) is 9.59 Å². The van der Waals surface area contributed by atoms with E-state index in [1.165, 1.54) is 7.11 Å². The molecule has 7 nitrogen and oxygen atoms in total. The van der Waals surface area contributed by atoms with Crippen LogP contribution in [0, 0.1) is 0 Å². The Kier molecular flexibility index (Phi) is 5.90. The summed E-state index contributed by atoms with van der Waals surface area (Å²) in [7, 11) is 3.07. The van der Waals surface area contributed by atoms with Gasteiger partial charge in [-0.05, 0) is 37.1 Å². The van der Waals surface area contributed by atoms with Crippen LogP contribution in [0.15, 0.2) is 36.4 Å². The van der Waals surface area contributed by atoms with Crippen molar-refractivity contribution in [2.75, 3.05) is 19.5 Å². The van der Waals surface area contributed by atoms with E-state index in [4.69, 9.17) is 9.47 Å². The molecule has 0 bridgehead atoms. The summed E-state index contributed by atoms with van der Waals surface area (Å²) < 4.78 is 10.4. The van der Waals surface area contributed by atoms with Crippen LogP contribution in [-0.2, 0) is 0 Å². The number of ether oxygens (including phenoxy) is 2. The minimum Gasteiger partial charge on any atom is -0.497 e. The summed E-state index contributed by atoms with van der Waals surface area (Å²) in [4.78, 5) is 29.1. The Morgan fingerprint density at radius 3 is 2.37 bits per heavy atom. The van der Waals surface area contributed by atoms with Crippen molar-refractivity contribution in [2.45, 2.75) is 31.7 Å². The number of pyridine rings is 1. The maximum absolute atomic E-state index is 12.6. The number of rotatable bonds is 6. The third-order valence-electron chi connectivity index (χ3n) is 4.56. The zero-order valence-electron chi connectivity index (χ0n) is 15.5. The highest BCUT2D eigenvalue weighted by Crippen LogP contribution is 2.29. The molecule has 0 unspecified atom stereocenters. The molecule has 3 rings (SSSR count). The Balaban J connectivity index is 1.72. The molecule has 1 aromatic heterocycles. The lowest BCUT2D eigenvalue weighted by atomic mass is 10.2. The molecular formula is C20H23N3O4. The van der Waals surface area contributed by atoms with E-state index in [-0.39, 0.29) is 23.3 Å². The lowest BCUT2D eigenvalue weighted by Crippen LogP contribution is -2.33. The van der Waals surface area contributed by atoms with Crippen LogP contribution in [-0.4, -0.2) is 37.1 Å². The van der Waals surface area contributed by atoms with Gasteiger partial charge in [-0.15, -0.1) is 0 Å². The number of nitrogens with one attached hydrogen (secondary N) is 2. The first-order valence-corrected chi connectivity index (χ1v) is 8.92. The molecule has 1 aliphatic carbocycles. The largest absolute Gasteiger partial charge is 0.497 e. The molecule has 1 fully saturated rings. The van der Waals surface area contributed by atoms with E-state index in [0.717, 1.165) is 25.7 Å². The zero-order chi connectivity index (χ0) is 19.2. The number of hydrogen-bond acceptors (Lipinski definition) is 5. The topological polar surface area (TPSA) is 89.5 Å². The minimum atomic E-state index is -0.422. The average molecular weight is 369 g/mol. The van der Waals surface area contributed by atoms with Crippen LogP contribution in [0.1, 0.15) is 46.7 Å². The summed E-state index contributed by atoms with van der Waals surface area (Å²) in [6.07, 6.45) is 4.24. The number of benzene rings is 1. The summed E-state index contributed by atoms with van der Waals surface area (Å²) in [6.45, 7) is 0. The molecule has 27 heavy (non-hydrogen) atoms. The number of hydrogen-bond donors (Lipinski definition) is 2. The second-order valence-electron chi connectivity index (χ2n) is 6.38. The van der Waals surface area contributed by atoms with E-state index in [1.54, 1.807) is 43.5 Å². The number of anilines is 1. The van der Waals surface area contributed by atoms with Crippen molar-refractivity contribution in [3.05, 3.63) is 47.8 Å². The predicted octanol–water partition coefficient (Wildman–Crippen LogP) is 3.02. The fraction of sp³-hybridized carbons (Fsp3) is 0.350. The van der Waals surface area contributed by atoms with Crippen LogP contribution >= 0.6 is 0 Å². The molecule has 142 valence electrons. The lowest BCUT2D eigenvalue weighted by Gasteiger charge is -2.13. The second-order valence-corrected chi connectivity index (χ2v) is 6.38. The molecule has 2 amide bonds. The van der Waals surface area contributed by atoms with Gasteiger partial charge in [-0.1, -0.05) is 18.9 Å². The Hall–Kier alpha value is -3.09. The first-order chi connectivity index (χ1) is 13.1. The molecule has 0 atom stereocenters. The molecule has 7 heteroatoms. The van der Waals surface area contributed by atoms with Crippen LogP contribution in [0.25, 0.3) is 0 Å². The first-order valence-electron chi connectivity index (χ1n) is 8.92. The molecule has 0 aliphatic heterocycles. The SMILES string of the molecule is COc1ccc(NC(=O)c2cccc(C(=O)NC3CCCC3)n2)c(OC)c1. The van der Waals surface area contributed by atoms with Crippen molar-refractivity contribution >= 4 is 17.5 Å². The van der Waals surface area contributed by atoms with Gasteiger partial charge in [0.2, 0.25) is 0 Å². The number of carbonyl (C=O) groups is 2. The Labute approximate surface area is 158 Å². The van der Waals surface area contributed by atoms with Gasteiger partial charge < -0.3 is 20.1 Å². The summed E-state index contributed by atoms with van der Waals surface area (Å²) in [6, 6.07) is 10.1. The van der Waals surface area contributed by atoms with Crippen molar-refractivity contribution in [3.8, 4) is 11.5 Å². The smallest absolute Gasteiger partial charge is 0.274 e. The number of methoxy groups -OCH3 is 2. The fourth-order valence-corrected chi connectivity index (χ4v) is 3.11. The zero-order valence-corrected chi connectivity index (χ0v) is 15.5. The van der Waals surface area contributed by atoms with E-state index >= 15 is 0 Å². The maximum Gasteiger partial charge on any atom is 0.274 e. The molecule has 2 aromatic rings. The maximum atomic E-state index is 12.6. The molecule has 0 spiro atoms. The van der Waals surface area contributed by atoms with Gasteiger partial charge in [0.05, 0.1) is 19.9 Å². The monoisotopic (exact) mass is 369 g/mol. The minimum absolute atomic E-state index is 0.159. The van der Waals surface area contributed by atoms with Crippen LogP contribution in [0.2, 0.25) is 0 Å². The van der Waals surface area contributed by atoms with Gasteiger partial charge in [-0.2, -0.15) is 0 Å². The van der Waals surface area contributed by atoms with Crippen molar-refractivity contribution < 1.29 is 19.1 Å². The van der Waals surface area contributed by atoms with Gasteiger partial charge in [0, 0.05) is 12.1 Å². The van der Waals surface area contributed by atoms with Gasteiger partial charge >= 0.3 is 0 Å². The van der Waals surface area contributed by atoms with Crippen molar-refractivity contribution in [1.82, 2.24) is 10.3 Å². The lowest BCUT2D eigenvalue weighted by molar-refractivity contribution is 0.0932. The van der Waals surface area contributed by atoms with Crippen molar-refractivity contribution in [1.29, 1.82) is 0 Å². The summed E-state index contributed by atoms with van der Waals surface area (Å²) >= 11 is 0. The Bertz CT molecular complexity index is 832. The predicted molar refractivity (Wildman–Crippen MR) is 101 cm³/mol. The van der Waals surface area contributed by atoms with Gasteiger partial charge in [0.25, 0.3) is 11.8 Å². The molecular weight excluding hydrogens is 346 g/mol. The number of nitrogens with zero attached hydrogens (tertiary/aromatic N) is 1. The highest BCUT2D eigenvalue weighted by molar-refractivity contribution is 6.04. The van der Waals surface area contributed by atoms with Crippen LogP contribution in [0.5, 0.6) is 11.5 Å². The highest BCUT2D eigenvalue weighted by atomic mass is 16.5. The van der Waals surface area contributed by atoms with Crippen molar-refractivity contribution in [3.63, 3.8) is 0 Å². The number of amides is 2. The van der Waals surface area contributed by atoms with Crippen LogP contribution in [0.4, 0.5) is 5.69 Å². The van der Waals surface area contributed by atoms with Gasteiger partial charge in [0.1, 0.15) is 22.9 Å². The third kappa shape index (κ3) is 4.55. The first kappa shape index (κ1) is 18.7. The van der Waals surface area contributed by atoms with E-state index in [9.17, 15) is 9.59 Å². The number of carbonyl (C=O) groups excluding carboxylic acids is 2. The van der Waals surface area contributed by atoms with Gasteiger partial charge in [0.15, 0.2) is 0 Å². The van der Waals surface area contributed by atoms with E-state index in [2.05, 4.69) is 15.6 Å². The van der Waals surface area contributed by atoms with E-state index in [1.807, 2.05) is 0 Å².